The average Bonchev–Trinajstić information content (AvgIpc) is 2.61. The molecular formula is C18H22F3N3O2. The molecule has 1 aromatic carbocycles. The van der Waals surface area contributed by atoms with Gasteiger partial charge in [0.2, 0.25) is 11.8 Å². The van der Waals surface area contributed by atoms with E-state index in [0.717, 1.165) is 6.20 Å². The van der Waals surface area contributed by atoms with Crippen LogP contribution in [0.5, 0.6) is 11.6 Å². The van der Waals surface area contributed by atoms with Crippen LogP contribution < -0.4 is 14.4 Å². The molecule has 1 aromatic heterocycles. The Balaban J connectivity index is 2.34. The number of halogens is 3. The summed E-state index contributed by atoms with van der Waals surface area (Å²) in [5, 5.41) is 0. The lowest BCUT2D eigenvalue weighted by Crippen LogP contribution is -2.19. The molecule has 1 atom stereocenters. The standard InChI is InChI=1S/C18H22F3N3O2/c1-5-12(3)26-16-15(18(19,20)21)11-22-17(23-16)24(4)13-7-9-14(10-8-13)25-6-2/h7-12H,5-6H2,1-4H3. The van der Waals surface area contributed by atoms with Crippen LogP contribution in [0.1, 0.15) is 32.8 Å². The number of rotatable bonds is 7. The van der Waals surface area contributed by atoms with Crippen molar-refractivity contribution < 1.29 is 22.6 Å². The molecule has 0 fully saturated rings. The Morgan fingerprint density at radius 2 is 1.81 bits per heavy atom. The number of benzene rings is 1. The van der Waals surface area contributed by atoms with Gasteiger partial charge in [0, 0.05) is 18.9 Å². The van der Waals surface area contributed by atoms with Gasteiger partial charge in [-0.1, -0.05) is 6.92 Å². The molecular weight excluding hydrogens is 347 g/mol. The predicted molar refractivity (Wildman–Crippen MR) is 93.1 cm³/mol. The molecule has 5 nitrogen and oxygen atoms in total. The highest BCUT2D eigenvalue weighted by Gasteiger charge is 2.37. The van der Waals surface area contributed by atoms with Gasteiger partial charge < -0.3 is 14.4 Å². The second-order valence-corrected chi connectivity index (χ2v) is 5.71. The maximum atomic E-state index is 13.2. The molecule has 0 aliphatic rings. The molecule has 1 unspecified atom stereocenters. The lowest BCUT2D eigenvalue weighted by molar-refractivity contribution is -0.139. The summed E-state index contributed by atoms with van der Waals surface area (Å²) in [5.74, 6) is 0.355. The molecule has 0 aliphatic carbocycles. The first kappa shape index (κ1) is 19.8. The monoisotopic (exact) mass is 369 g/mol. The largest absolute Gasteiger partial charge is 0.494 e. The Hall–Kier alpha value is -2.51. The zero-order chi connectivity index (χ0) is 19.3. The molecule has 8 heteroatoms. The van der Waals surface area contributed by atoms with E-state index in [0.29, 0.717) is 24.5 Å². The van der Waals surface area contributed by atoms with Crippen molar-refractivity contribution in [2.45, 2.75) is 39.5 Å². The summed E-state index contributed by atoms with van der Waals surface area (Å²) in [6.07, 6.45) is -3.66. The summed E-state index contributed by atoms with van der Waals surface area (Å²) in [5.41, 5.74) is -0.274. The van der Waals surface area contributed by atoms with Crippen molar-refractivity contribution in [1.82, 2.24) is 9.97 Å². The maximum Gasteiger partial charge on any atom is 0.423 e. The quantitative estimate of drug-likeness (QED) is 0.699. The highest BCUT2D eigenvalue weighted by molar-refractivity contribution is 5.58. The van der Waals surface area contributed by atoms with Gasteiger partial charge in [-0.05, 0) is 44.5 Å². The van der Waals surface area contributed by atoms with Gasteiger partial charge in [0.05, 0.1) is 12.7 Å². The Labute approximate surface area is 150 Å². The van der Waals surface area contributed by atoms with E-state index < -0.39 is 23.7 Å². The minimum atomic E-state index is -4.58. The molecule has 2 aromatic rings. The summed E-state index contributed by atoms with van der Waals surface area (Å²) < 4.78 is 50.3. The first-order chi connectivity index (χ1) is 12.3. The van der Waals surface area contributed by atoms with Crippen molar-refractivity contribution in [3.63, 3.8) is 0 Å². The van der Waals surface area contributed by atoms with Gasteiger partial charge in [0.25, 0.3) is 0 Å². The molecule has 26 heavy (non-hydrogen) atoms. The van der Waals surface area contributed by atoms with Gasteiger partial charge in [-0.25, -0.2) is 4.98 Å². The highest BCUT2D eigenvalue weighted by atomic mass is 19.4. The van der Waals surface area contributed by atoms with Crippen molar-refractivity contribution in [2.24, 2.45) is 0 Å². The molecule has 1 heterocycles. The molecule has 0 spiro atoms. The third-order valence-electron chi connectivity index (χ3n) is 3.77. The Bertz CT molecular complexity index is 721. The van der Waals surface area contributed by atoms with Crippen molar-refractivity contribution in [2.75, 3.05) is 18.6 Å². The molecule has 0 radical (unpaired) electrons. The van der Waals surface area contributed by atoms with Crippen LogP contribution >= 0.6 is 0 Å². The lowest BCUT2D eigenvalue weighted by Gasteiger charge is -2.21. The van der Waals surface area contributed by atoms with E-state index >= 15 is 0 Å². The van der Waals surface area contributed by atoms with Gasteiger partial charge >= 0.3 is 6.18 Å². The Morgan fingerprint density at radius 1 is 1.15 bits per heavy atom. The van der Waals surface area contributed by atoms with Crippen LogP contribution in [0, 0.1) is 0 Å². The summed E-state index contributed by atoms with van der Waals surface area (Å²) in [6.45, 7) is 5.95. The fourth-order valence-electron chi connectivity index (χ4n) is 2.13. The van der Waals surface area contributed by atoms with Crippen molar-refractivity contribution in [3.8, 4) is 11.6 Å². The SMILES string of the molecule is CCOc1ccc(N(C)c2ncc(C(F)(F)F)c(OC(C)CC)n2)cc1. The van der Waals surface area contributed by atoms with Crippen LogP contribution in [-0.2, 0) is 6.18 Å². The highest BCUT2D eigenvalue weighted by Crippen LogP contribution is 2.36. The van der Waals surface area contributed by atoms with E-state index in [1.165, 1.54) is 0 Å². The second kappa shape index (κ2) is 8.25. The third-order valence-corrected chi connectivity index (χ3v) is 3.77. The maximum absolute atomic E-state index is 13.2. The van der Waals surface area contributed by atoms with E-state index in [4.69, 9.17) is 9.47 Å². The van der Waals surface area contributed by atoms with Crippen LogP contribution in [0.25, 0.3) is 0 Å². The van der Waals surface area contributed by atoms with E-state index in [1.54, 1.807) is 43.1 Å². The average molecular weight is 369 g/mol. The molecule has 2 rings (SSSR count). The van der Waals surface area contributed by atoms with Crippen LogP contribution in [0.15, 0.2) is 30.5 Å². The molecule has 142 valence electrons. The molecule has 0 amide bonds. The topological polar surface area (TPSA) is 47.5 Å². The first-order valence-corrected chi connectivity index (χ1v) is 8.33. The van der Waals surface area contributed by atoms with E-state index in [-0.39, 0.29) is 5.95 Å². The van der Waals surface area contributed by atoms with E-state index in [1.807, 2.05) is 13.8 Å². The van der Waals surface area contributed by atoms with Crippen molar-refractivity contribution in [3.05, 3.63) is 36.0 Å². The minimum absolute atomic E-state index is 0.112. The minimum Gasteiger partial charge on any atom is -0.494 e. The number of alkyl halides is 3. The molecule has 0 saturated heterocycles. The summed E-state index contributed by atoms with van der Waals surface area (Å²) in [4.78, 5) is 9.44. The molecule has 0 bridgehead atoms. The van der Waals surface area contributed by atoms with Crippen LogP contribution in [0.2, 0.25) is 0 Å². The van der Waals surface area contributed by atoms with Crippen molar-refractivity contribution in [1.29, 1.82) is 0 Å². The molecule has 0 aliphatic heterocycles. The van der Waals surface area contributed by atoms with E-state index in [2.05, 4.69) is 9.97 Å². The van der Waals surface area contributed by atoms with Crippen LogP contribution in [0.3, 0.4) is 0 Å². The predicted octanol–water partition coefficient (Wildman–Crippen LogP) is 4.84. The summed E-state index contributed by atoms with van der Waals surface area (Å²) in [6, 6.07) is 7.11. The fourth-order valence-corrected chi connectivity index (χ4v) is 2.13. The lowest BCUT2D eigenvalue weighted by atomic mass is 10.2. The zero-order valence-corrected chi connectivity index (χ0v) is 15.2. The third kappa shape index (κ3) is 4.77. The number of hydrogen-bond acceptors (Lipinski definition) is 5. The summed E-state index contributed by atoms with van der Waals surface area (Å²) in [7, 11) is 1.67. The number of nitrogens with zero attached hydrogens (tertiary/aromatic N) is 3. The first-order valence-electron chi connectivity index (χ1n) is 8.33. The number of hydrogen-bond donors (Lipinski definition) is 0. The number of aromatic nitrogens is 2. The van der Waals surface area contributed by atoms with Gasteiger partial charge in [0.15, 0.2) is 0 Å². The smallest absolute Gasteiger partial charge is 0.423 e. The van der Waals surface area contributed by atoms with Crippen LogP contribution in [0.4, 0.5) is 24.8 Å². The normalized spacial score (nSPS) is 12.6. The second-order valence-electron chi connectivity index (χ2n) is 5.71. The fraction of sp³-hybridized carbons (Fsp3) is 0.444. The van der Waals surface area contributed by atoms with E-state index in [9.17, 15) is 13.2 Å². The number of ether oxygens (including phenoxy) is 2. The number of anilines is 2. The van der Waals surface area contributed by atoms with Gasteiger partial charge in [-0.15, -0.1) is 0 Å². The Morgan fingerprint density at radius 3 is 2.35 bits per heavy atom. The van der Waals surface area contributed by atoms with Crippen LogP contribution in [-0.4, -0.2) is 29.7 Å². The van der Waals surface area contributed by atoms with Gasteiger partial charge in [-0.2, -0.15) is 18.2 Å². The zero-order valence-electron chi connectivity index (χ0n) is 15.2. The molecule has 0 N–H and O–H groups in total. The van der Waals surface area contributed by atoms with Gasteiger partial charge in [-0.3, -0.25) is 0 Å². The Kier molecular flexibility index (Phi) is 6.28. The summed E-state index contributed by atoms with van der Waals surface area (Å²) >= 11 is 0. The van der Waals surface area contributed by atoms with Crippen molar-refractivity contribution >= 4 is 11.6 Å². The van der Waals surface area contributed by atoms with Gasteiger partial charge in [0.1, 0.15) is 11.3 Å². The molecule has 0 saturated carbocycles.